The predicted molar refractivity (Wildman–Crippen MR) is 54.7 cm³/mol. The highest BCUT2D eigenvalue weighted by Gasteiger charge is 2.10. The van der Waals surface area contributed by atoms with Crippen LogP contribution in [0.15, 0.2) is 17.1 Å². The maximum absolute atomic E-state index is 5.48. The van der Waals surface area contributed by atoms with Crippen LogP contribution in [0.4, 0.5) is 0 Å². The van der Waals surface area contributed by atoms with E-state index in [1.54, 1.807) is 12.4 Å². The van der Waals surface area contributed by atoms with E-state index in [-0.39, 0.29) is 5.41 Å². The zero-order valence-corrected chi connectivity index (χ0v) is 9.63. The van der Waals surface area contributed by atoms with Crippen LogP contribution >= 0.6 is 15.9 Å². The second-order valence-corrected chi connectivity index (χ2v) is 4.75. The average molecular weight is 245 g/mol. The van der Waals surface area contributed by atoms with E-state index in [2.05, 4.69) is 46.7 Å². The van der Waals surface area contributed by atoms with Gasteiger partial charge in [0.1, 0.15) is 0 Å². The van der Waals surface area contributed by atoms with E-state index in [1.165, 1.54) is 0 Å². The van der Waals surface area contributed by atoms with Gasteiger partial charge < -0.3 is 4.74 Å². The number of ether oxygens (including phenoxy) is 1. The molecule has 13 heavy (non-hydrogen) atoms. The Kier molecular flexibility index (Phi) is 3.25. The Morgan fingerprint density at radius 2 is 1.85 bits per heavy atom. The summed E-state index contributed by atoms with van der Waals surface area (Å²) in [6, 6.07) is 0. The SMILES string of the molecule is CC(C)(C)COc1cnc(Br)nc1. The number of aromatic nitrogens is 2. The third kappa shape index (κ3) is 4.22. The minimum absolute atomic E-state index is 0.160. The monoisotopic (exact) mass is 244 g/mol. The van der Waals surface area contributed by atoms with Crippen LogP contribution in [0.1, 0.15) is 20.8 Å². The number of halogens is 1. The fraction of sp³-hybridized carbons (Fsp3) is 0.556. The second-order valence-electron chi connectivity index (χ2n) is 4.04. The van der Waals surface area contributed by atoms with Gasteiger partial charge in [-0.25, -0.2) is 9.97 Å². The molecule has 1 rings (SSSR count). The molecule has 0 saturated heterocycles. The molecular weight excluding hydrogens is 232 g/mol. The Hall–Kier alpha value is -0.640. The van der Waals surface area contributed by atoms with E-state index in [1.807, 2.05) is 0 Å². The third-order valence-corrected chi connectivity index (χ3v) is 1.68. The maximum atomic E-state index is 5.48. The van der Waals surface area contributed by atoms with Crippen LogP contribution in [0.3, 0.4) is 0 Å². The quantitative estimate of drug-likeness (QED) is 0.751. The van der Waals surface area contributed by atoms with E-state index in [0.29, 0.717) is 17.1 Å². The molecule has 0 aliphatic carbocycles. The van der Waals surface area contributed by atoms with Crippen LogP contribution in [0.25, 0.3) is 0 Å². The largest absolute Gasteiger partial charge is 0.490 e. The summed E-state index contributed by atoms with van der Waals surface area (Å²) in [5.41, 5.74) is 0.160. The van der Waals surface area contributed by atoms with E-state index >= 15 is 0 Å². The summed E-state index contributed by atoms with van der Waals surface area (Å²) in [6.45, 7) is 7.02. The van der Waals surface area contributed by atoms with Crippen molar-refractivity contribution in [1.29, 1.82) is 0 Å². The Labute approximate surface area is 86.7 Å². The molecule has 0 aromatic carbocycles. The predicted octanol–water partition coefficient (Wildman–Crippen LogP) is 2.66. The maximum Gasteiger partial charge on any atom is 0.196 e. The smallest absolute Gasteiger partial charge is 0.196 e. The van der Waals surface area contributed by atoms with Gasteiger partial charge in [-0.1, -0.05) is 20.8 Å². The van der Waals surface area contributed by atoms with Gasteiger partial charge in [0.2, 0.25) is 0 Å². The molecular formula is C9H13BrN2O. The highest BCUT2D eigenvalue weighted by molar-refractivity contribution is 9.10. The summed E-state index contributed by atoms with van der Waals surface area (Å²) in [7, 11) is 0. The van der Waals surface area contributed by atoms with Gasteiger partial charge in [0.25, 0.3) is 0 Å². The molecule has 0 atom stereocenters. The van der Waals surface area contributed by atoms with Crippen molar-refractivity contribution < 1.29 is 4.74 Å². The highest BCUT2D eigenvalue weighted by atomic mass is 79.9. The molecule has 1 heterocycles. The molecule has 0 unspecified atom stereocenters. The van der Waals surface area contributed by atoms with Crippen molar-refractivity contribution in [1.82, 2.24) is 9.97 Å². The van der Waals surface area contributed by atoms with Gasteiger partial charge in [-0.2, -0.15) is 0 Å². The lowest BCUT2D eigenvalue weighted by atomic mass is 9.99. The van der Waals surface area contributed by atoms with E-state index in [9.17, 15) is 0 Å². The topological polar surface area (TPSA) is 35.0 Å². The lowest BCUT2D eigenvalue weighted by molar-refractivity contribution is 0.196. The molecule has 0 bridgehead atoms. The lowest BCUT2D eigenvalue weighted by Crippen LogP contribution is -2.16. The first kappa shape index (κ1) is 10.4. The Bertz CT molecular complexity index is 266. The van der Waals surface area contributed by atoms with Crippen LogP contribution in [-0.4, -0.2) is 16.6 Å². The molecule has 0 N–H and O–H groups in total. The summed E-state index contributed by atoms with van der Waals surface area (Å²) >= 11 is 3.16. The Morgan fingerprint density at radius 3 is 2.31 bits per heavy atom. The van der Waals surface area contributed by atoms with E-state index in [0.717, 1.165) is 0 Å². The Balaban J connectivity index is 2.51. The normalized spacial score (nSPS) is 11.4. The van der Waals surface area contributed by atoms with Crippen LogP contribution in [0.5, 0.6) is 5.75 Å². The minimum atomic E-state index is 0.160. The van der Waals surface area contributed by atoms with Crippen molar-refractivity contribution >= 4 is 15.9 Å². The van der Waals surface area contributed by atoms with E-state index in [4.69, 9.17) is 4.74 Å². The second kappa shape index (κ2) is 4.05. The molecule has 1 aromatic heterocycles. The molecule has 0 aliphatic heterocycles. The molecule has 0 saturated carbocycles. The highest BCUT2D eigenvalue weighted by Crippen LogP contribution is 2.16. The molecule has 0 fully saturated rings. The molecule has 4 heteroatoms. The van der Waals surface area contributed by atoms with Gasteiger partial charge in [0.05, 0.1) is 19.0 Å². The molecule has 1 aromatic rings. The first-order valence-electron chi connectivity index (χ1n) is 4.08. The van der Waals surface area contributed by atoms with Gasteiger partial charge in [0.15, 0.2) is 10.5 Å². The molecule has 0 radical (unpaired) electrons. The van der Waals surface area contributed by atoms with Crippen LogP contribution in [0.2, 0.25) is 0 Å². The molecule has 0 spiro atoms. The first-order valence-corrected chi connectivity index (χ1v) is 4.87. The summed E-state index contributed by atoms with van der Waals surface area (Å²) in [6.07, 6.45) is 3.31. The fourth-order valence-electron chi connectivity index (χ4n) is 0.675. The van der Waals surface area contributed by atoms with Crippen LogP contribution < -0.4 is 4.74 Å². The fourth-order valence-corrected chi connectivity index (χ4v) is 0.880. The van der Waals surface area contributed by atoms with Crippen LogP contribution in [-0.2, 0) is 0 Å². The minimum Gasteiger partial charge on any atom is -0.490 e. The van der Waals surface area contributed by atoms with Gasteiger partial charge in [-0.05, 0) is 21.3 Å². The summed E-state index contributed by atoms with van der Waals surface area (Å²) in [4.78, 5) is 7.92. The Morgan fingerprint density at radius 1 is 1.31 bits per heavy atom. The number of hydrogen-bond donors (Lipinski definition) is 0. The summed E-state index contributed by atoms with van der Waals surface area (Å²) in [5, 5.41) is 0. The first-order chi connectivity index (χ1) is 5.97. The van der Waals surface area contributed by atoms with Gasteiger partial charge in [-0.3, -0.25) is 0 Å². The standard InChI is InChI=1S/C9H13BrN2O/c1-9(2,3)6-13-7-4-11-8(10)12-5-7/h4-5H,6H2,1-3H3. The van der Waals surface area contributed by atoms with Crippen molar-refractivity contribution in [2.75, 3.05) is 6.61 Å². The van der Waals surface area contributed by atoms with Gasteiger partial charge in [0, 0.05) is 0 Å². The van der Waals surface area contributed by atoms with E-state index < -0.39 is 0 Å². The average Bonchev–Trinajstić information content (AvgIpc) is 2.02. The zero-order chi connectivity index (χ0) is 9.90. The zero-order valence-electron chi connectivity index (χ0n) is 8.04. The molecule has 3 nitrogen and oxygen atoms in total. The number of hydrogen-bond acceptors (Lipinski definition) is 3. The van der Waals surface area contributed by atoms with Crippen molar-refractivity contribution in [3.8, 4) is 5.75 Å². The van der Waals surface area contributed by atoms with Crippen molar-refractivity contribution in [2.45, 2.75) is 20.8 Å². The third-order valence-electron chi connectivity index (χ3n) is 1.27. The summed E-state index contributed by atoms with van der Waals surface area (Å²) in [5.74, 6) is 0.707. The van der Waals surface area contributed by atoms with Gasteiger partial charge >= 0.3 is 0 Å². The number of nitrogens with zero attached hydrogens (tertiary/aromatic N) is 2. The molecule has 0 amide bonds. The molecule has 0 aliphatic rings. The van der Waals surface area contributed by atoms with Crippen molar-refractivity contribution in [2.24, 2.45) is 5.41 Å². The van der Waals surface area contributed by atoms with Crippen molar-refractivity contribution in [3.05, 3.63) is 17.1 Å². The van der Waals surface area contributed by atoms with Crippen molar-refractivity contribution in [3.63, 3.8) is 0 Å². The number of rotatable bonds is 2. The van der Waals surface area contributed by atoms with Crippen LogP contribution in [0, 0.1) is 5.41 Å². The summed E-state index contributed by atoms with van der Waals surface area (Å²) < 4.78 is 6.06. The molecule has 72 valence electrons. The van der Waals surface area contributed by atoms with Gasteiger partial charge in [-0.15, -0.1) is 0 Å². The lowest BCUT2D eigenvalue weighted by Gasteiger charge is -2.18.